The second-order valence-electron chi connectivity index (χ2n) is 3.35. The molecule has 0 spiro atoms. The van der Waals surface area contributed by atoms with Crippen LogP contribution >= 0.6 is 0 Å². The molecule has 1 atom stereocenters. The van der Waals surface area contributed by atoms with Crippen molar-refractivity contribution in [2.24, 2.45) is 0 Å². The Morgan fingerprint density at radius 3 is 2.62 bits per heavy atom. The third-order valence-corrected chi connectivity index (χ3v) is 2.67. The summed E-state index contributed by atoms with van der Waals surface area (Å²) in [6.45, 7) is 0.712. The highest BCUT2D eigenvalue weighted by Gasteiger charge is 2.26. The largest absolute Gasteiger partial charge is 0.391 e. The van der Waals surface area contributed by atoms with Gasteiger partial charge in [0.1, 0.15) is 5.75 Å². The number of rotatable bonds is 2. The molecule has 13 heavy (non-hydrogen) atoms. The number of aliphatic hydroxyl groups excluding tert-OH is 1. The first-order valence-electron chi connectivity index (χ1n) is 4.02. The third-order valence-electron chi connectivity index (χ3n) is 1.90. The Bertz CT molecular complexity index is 298. The monoisotopic (exact) mass is 207 g/mol. The Kier molecular flexibility index (Phi) is 2.92. The zero-order valence-electron chi connectivity index (χ0n) is 7.43. The van der Waals surface area contributed by atoms with E-state index in [9.17, 15) is 13.2 Å². The van der Waals surface area contributed by atoms with Gasteiger partial charge in [0, 0.05) is 19.3 Å². The Labute approximate surface area is 77.3 Å². The molecule has 0 aromatic heterocycles. The van der Waals surface area contributed by atoms with Gasteiger partial charge in [-0.1, -0.05) is 0 Å². The molecule has 0 aromatic carbocycles. The van der Waals surface area contributed by atoms with Crippen molar-refractivity contribution in [3.63, 3.8) is 0 Å². The van der Waals surface area contributed by atoms with Gasteiger partial charge >= 0.3 is 0 Å². The van der Waals surface area contributed by atoms with E-state index in [0.29, 0.717) is 13.0 Å². The number of β-amino-alcohol motifs (C(OH)–C–C–N with tert-alkyl or cyclic N) is 1. The maximum absolute atomic E-state index is 11.2. The maximum Gasteiger partial charge on any atom is 0.237 e. The fourth-order valence-electron chi connectivity index (χ4n) is 1.28. The molecule has 1 aliphatic rings. The van der Waals surface area contributed by atoms with Crippen LogP contribution in [0, 0.1) is 0 Å². The average Bonchev–Trinajstić information content (AvgIpc) is 2.31. The lowest BCUT2D eigenvalue weighted by Gasteiger charge is -2.14. The lowest BCUT2D eigenvalue weighted by Crippen LogP contribution is -2.34. The summed E-state index contributed by atoms with van der Waals surface area (Å²) in [5, 5.41) is 9.10. The summed E-state index contributed by atoms with van der Waals surface area (Å²) in [6, 6.07) is 0. The maximum atomic E-state index is 11.2. The minimum Gasteiger partial charge on any atom is -0.391 e. The summed E-state index contributed by atoms with van der Waals surface area (Å²) in [4.78, 5) is 12.6. The molecule has 1 N–H and O–H groups in total. The van der Waals surface area contributed by atoms with Crippen molar-refractivity contribution >= 4 is 15.7 Å². The van der Waals surface area contributed by atoms with Gasteiger partial charge in [0.15, 0.2) is 9.84 Å². The van der Waals surface area contributed by atoms with Crippen molar-refractivity contribution in [2.45, 2.75) is 12.5 Å². The molecule has 1 saturated heterocycles. The summed E-state index contributed by atoms with van der Waals surface area (Å²) in [7, 11) is -3.25. The summed E-state index contributed by atoms with van der Waals surface area (Å²) < 4.78 is 21.5. The number of amides is 1. The van der Waals surface area contributed by atoms with Crippen LogP contribution in [0.3, 0.4) is 0 Å². The molecular weight excluding hydrogens is 194 g/mol. The second-order valence-corrected chi connectivity index (χ2v) is 5.49. The predicted molar refractivity (Wildman–Crippen MR) is 46.9 cm³/mol. The van der Waals surface area contributed by atoms with Crippen molar-refractivity contribution in [3.8, 4) is 0 Å². The van der Waals surface area contributed by atoms with Crippen LogP contribution in [-0.2, 0) is 14.6 Å². The Hall–Kier alpha value is -0.620. The molecule has 5 nitrogen and oxygen atoms in total. The first-order chi connectivity index (χ1) is 5.88. The van der Waals surface area contributed by atoms with Gasteiger partial charge < -0.3 is 10.0 Å². The van der Waals surface area contributed by atoms with Gasteiger partial charge in [-0.3, -0.25) is 4.79 Å². The fourth-order valence-corrected chi connectivity index (χ4v) is 1.92. The van der Waals surface area contributed by atoms with E-state index in [1.165, 1.54) is 4.90 Å². The van der Waals surface area contributed by atoms with Crippen LogP contribution in [0.5, 0.6) is 0 Å². The SMILES string of the molecule is CS(=O)(=O)CC(=O)N1CCC(O)C1. The van der Waals surface area contributed by atoms with Crippen LogP contribution in [0.15, 0.2) is 0 Å². The van der Waals surface area contributed by atoms with Crippen LogP contribution < -0.4 is 0 Å². The van der Waals surface area contributed by atoms with Gasteiger partial charge in [-0.2, -0.15) is 0 Å². The number of likely N-dealkylation sites (tertiary alicyclic amines) is 1. The van der Waals surface area contributed by atoms with Crippen molar-refractivity contribution in [1.82, 2.24) is 4.90 Å². The zero-order valence-corrected chi connectivity index (χ0v) is 8.25. The molecule has 0 saturated carbocycles. The van der Waals surface area contributed by atoms with Gasteiger partial charge in [0.05, 0.1) is 6.10 Å². The van der Waals surface area contributed by atoms with Gasteiger partial charge in [-0.15, -0.1) is 0 Å². The van der Waals surface area contributed by atoms with Crippen molar-refractivity contribution < 1.29 is 18.3 Å². The number of carbonyl (C=O) groups is 1. The standard InChI is InChI=1S/C7H13NO4S/c1-13(11,12)5-7(10)8-3-2-6(9)4-8/h6,9H,2-5H2,1H3. The number of hydrogen-bond acceptors (Lipinski definition) is 4. The number of aliphatic hydroxyl groups is 1. The number of sulfone groups is 1. The van der Waals surface area contributed by atoms with E-state index in [1.807, 2.05) is 0 Å². The Balaban J connectivity index is 2.50. The van der Waals surface area contributed by atoms with E-state index in [-0.39, 0.29) is 6.54 Å². The Morgan fingerprint density at radius 1 is 1.62 bits per heavy atom. The molecule has 1 amide bonds. The fraction of sp³-hybridized carbons (Fsp3) is 0.857. The third kappa shape index (κ3) is 3.31. The van der Waals surface area contributed by atoms with E-state index < -0.39 is 27.6 Å². The lowest BCUT2D eigenvalue weighted by atomic mass is 10.3. The molecule has 1 aliphatic heterocycles. The number of nitrogens with zero attached hydrogens (tertiary/aromatic N) is 1. The zero-order chi connectivity index (χ0) is 10.1. The van der Waals surface area contributed by atoms with Gasteiger partial charge in [-0.25, -0.2) is 8.42 Å². The highest BCUT2D eigenvalue weighted by Crippen LogP contribution is 2.09. The topological polar surface area (TPSA) is 74.7 Å². The molecule has 1 unspecified atom stereocenters. The van der Waals surface area contributed by atoms with Crippen LogP contribution in [-0.4, -0.2) is 55.5 Å². The van der Waals surface area contributed by atoms with E-state index in [4.69, 9.17) is 5.11 Å². The smallest absolute Gasteiger partial charge is 0.237 e. The summed E-state index contributed by atoms with van der Waals surface area (Å²) in [5.74, 6) is -0.876. The van der Waals surface area contributed by atoms with Crippen LogP contribution in [0.1, 0.15) is 6.42 Å². The predicted octanol–water partition coefficient (Wildman–Crippen LogP) is -1.38. The molecule has 0 aromatic rings. The highest BCUT2D eigenvalue weighted by atomic mass is 32.2. The molecule has 1 fully saturated rings. The van der Waals surface area contributed by atoms with E-state index in [1.54, 1.807) is 0 Å². The normalized spacial score (nSPS) is 23.5. The van der Waals surface area contributed by atoms with E-state index in [2.05, 4.69) is 0 Å². The molecule has 0 radical (unpaired) electrons. The van der Waals surface area contributed by atoms with Crippen LogP contribution in [0.2, 0.25) is 0 Å². The summed E-state index contributed by atoms with van der Waals surface area (Å²) in [5.41, 5.74) is 0. The second kappa shape index (κ2) is 3.63. The van der Waals surface area contributed by atoms with Gasteiger partial charge in [0.25, 0.3) is 0 Å². The molecule has 0 bridgehead atoms. The van der Waals surface area contributed by atoms with Crippen LogP contribution in [0.25, 0.3) is 0 Å². The molecule has 76 valence electrons. The van der Waals surface area contributed by atoms with Gasteiger partial charge in [0.2, 0.25) is 5.91 Å². The molecular formula is C7H13NO4S. The molecule has 6 heteroatoms. The van der Waals surface area contributed by atoms with Crippen molar-refractivity contribution in [3.05, 3.63) is 0 Å². The quantitative estimate of drug-likeness (QED) is 0.606. The van der Waals surface area contributed by atoms with E-state index in [0.717, 1.165) is 6.26 Å². The average molecular weight is 207 g/mol. The van der Waals surface area contributed by atoms with E-state index >= 15 is 0 Å². The van der Waals surface area contributed by atoms with Crippen molar-refractivity contribution in [1.29, 1.82) is 0 Å². The van der Waals surface area contributed by atoms with Crippen molar-refractivity contribution in [2.75, 3.05) is 25.1 Å². The molecule has 1 heterocycles. The minimum atomic E-state index is -3.25. The van der Waals surface area contributed by atoms with Crippen LogP contribution in [0.4, 0.5) is 0 Å². The first-order valence-corrected chi connectivity index (χ1v) is 6.08. The molecule has 1 rings (SSSR count). The summed E-state index contributed by atoms with van der Waals surface area (Å²) in [6.07, 6.45) is 1.07. The summed E-state index contributed by atoms with van der Waals surface area (Å²) >= 11 is 0. The number of carbonyl (C=O) groups excluding carboxylic acids is 1. The molecule has 0 aliphatic carbocycles. The van der Waals surface area contributed by atoms with Gasteiger partial charge in [-0.05, 0) is 6.42 Å². The Morgan fingerprint density at radius 2 is 2.23 bits per heavy atom. The first kappa shape index (κ1) is 10.5. The lowest BCUT2D eigenvalue weighted by molar-refractivity contribution is -0.127. The minimum absolute atomic E-state index is 0.258. The highest BCUT2D eigenvalue weighted by molar-refractivity contribution is 7.91. The number of hydrogen-bond donors (Lipinski definition) is 1.